The number of hydrogen-bond acceptors (Lipinski definition) is 5. The summed E-state index contributed by atoms with van der Waals surface area (Å²) in [6.45, 7) is 1.98. The van der Waals surface area contributed by atoms with E-state index in [-0.39, 0.29) is 24.3 Å². The van der Waals surface area contributed by atoms with Crippen molar-refractivity contribution >= 4 is 5.97 Å². The summed E-state index contributed by atoms with van der Waals surface area (Å²) in [7, 11) is 1.41. The van der Waals surface area contributed by atoms with Crippen LogP contribution in [0.3, 0.4) is 0 Å². The molecule has 1 aromatic carbocycles. The van der Waals surface area contributed by atoms with Crippen LogP contribution in [0.25, 0.3) is 0 Å². The molecule has 0 fully saturated rings. The Balaban J connectivity index is 3.06. The van der Waals surface area contributed by atoms with Crippen LogP contribution in [-0.2, 0) is 16.0 Å². The Kier molecular flexibility index (Phi) is 4.35. The zero-order chi connectivity index (χ0) is 12.8. The smallest absolute Gasteiger partial charge is 0.310 e. The topological polar surface area (TPSA) is 79.5 Å². The largest absolute Gasteiger partial charge is 0.507 e. The van der Waals surface area contributed by atoms with Gasteiger partial charge in [0.1, 0.15) is 11.5 Å². The molecular weight excluding hydrogens is 222 g/mol. The molecule has 0 radical (unpaired) electrons. The molecule has 0 spiro atoms. The van der Waals surface area contributed by atoms with Gasteiger partial charge in [0.15, 0.2) is 0 Å². The van der Waals surface area contributed by atoms with Crippen molar-refractivity contribution in [3.8, 4) is 17.6 Å². The summed E-state index contributed by atoms with van der Waals surface area (Å²) in [4.78, 5) is 11.3. The zero-order valence-corrected chi connectivity index (χ0v) is 9.69. The molecule has 90 valence electrons. The first-order valence-electron chi connectivity index (χ1n) is 5.08. The van der Waals surface area contributed by atoms with Crippen molar-refractivity contribution in [2.75, 3.05) is 13.7 Å². The quantitative estimate of drug-likeness (QED) is 0.797. The highest BCUT2D eigenvalue weighted by Gasteiger charge is 2.15. The van der Waals surface area contributed by atoms with Gasteiger partial charge in [0.05, 0.1) is 31.8 Å². The van der Waals surface area contributed by atoms with E-state index in [1.165, 1.54) is 19.2 Å². The molecule has 0 saturated heterocycles. The highest BCUT2D eigenvalue weighted by Crippen LogP contribution is 2.30. The van der Waals surface area contributed by atoms with Crippen LogP contribution in [0.15, 0.2) is 12.1 Å². The zero-order valence-electron chi connectivity index (χ0n) is 9.69. The van der Waals surface area contributed by atoms with Crippen molar-refractivity contribution in [1.82, 2.24) is 0 Å². The van der Waals surface area contributed by atoms with E-state index < -0.39 is 5.97 Å². The number of carbonyl (C=O) groups is 1. The number of phenols is 1. The molecule has 1 rings (SSSR count). The Morgan fingerprint density at radius 1 is 1.53 bits per heavy atom. The maximum atomic E-state index is 11.3. The molecule has 0 amide bonds. The van der Waals surface area contributed by atoms with Crippen LogP contribution in [0.1, 0.15) is 18.1 Å². The Hall–Kier alpha value is -2.22. The molecule has 0 aliphatic rings. The third-order valence-electron chi connectivity index (χ3n) is 2.16. The number of methoxy groups -OCH3 is 1. The number of nitrogens with zero attached hydrogens (tertiary/aromatic N) is 1. The molecule has 0 unspecified atom stereocenters. The molecule has 0 aliphatic carbocycles. The number of hydrogen-bond donors (Lipinski definition) is 1. The second kappa shape index (κ2) is 5.75. The lowest BCUT2D eigenvalue weighted by atomic mass is 10.1. The highest BCUT2D eigenvalue weighted by molar-refractivity contribution is 5.75. The fourth-order valence-corrected chi connectivity index (χ4v) is 1.41. The molecule has 5 heteroatoms. The van der Waals surface area contributed by atoms with Crippen molar-refractivity contribution in [3.63, 3.8) is 0 Å². The predicted molar refractivity (Wildman–Crippen MR) is 59.7 cm³/mol. The number of esters is 1. The van der Waals surface area contributed by atoms with Crippen molar-refractivity contribution in [1.29, 1.82) is 5.26 Å². The van der Waals surface area contributed by atoms with Crippen LogP contribution in [0.5, 0.6) is 11.5 Å². The molecular formula is C12H13NO4. The van der Waals surface area contributed by atoms with E-state index in [0.29, 0.717) is 11.3 Å². The maximum Gasteiger partial charge on any atom is 0.310 e. The predicted octanol–water partition coefficient (Wildman–Crippen LogP) is 1.38. The van der Waals surface area contributed by atoms with Crippen LogP contribution in [-0.4, -0.2) is 24.8 Å². The molecule has 0 aromatic heterocycles. The summed E-state index contributed by atoms with van der Waals surface area (Å²) in [5.74, 6) is -0.297. The summed E-state index contributed by atoms with van der Waals surface area (Å²) in [5.41, 5.74) is 0.594. The summed E-state index contributed by atoms with van der Waals surface area (Å²) in [6, 6.07) is 4.65. The molecule has 0 saturated carbocycles. The first kappa shape index (κ1) is 12.8. The summed E-state index contributed by atoms with van der Waals surface area (Å²) in [6.07, 6.45) is -0.0887. The molecule has 17 heavy (non-hydrogen) atoms. The van der Waals surface area contributed by atoms with Crippen LogP contribution < -0.4 is 4.74 Å². The Labute approximate surface area is 99.2 Å². The van der Waals surface area contributed by atoms with E-state index in [1.807, 2.05) is 6.07 Å². The monoisotopic (exact) mass is 235 g/mol. The van der Waals surface area contributed by atoms with Gasteiger partial charge >= 0.3 is 5.97 Å². The normalized spacial score (nSPS) is 9.47. The minimum atomic E-state index is -0.453. The number of phenolic OH excluding ortho intramolecular Hbond substituents is 1. The van der Waals surface area contributed by atoms with Gasteiger partial charge < -0.3 is 14.6 Å². The second-order valence-corrected chi connectivity index (χ2v) is 3.27. The van der Waals surface area contributed by atoms with Gasteiger partial charge in [0.2, 0.25) is 0 Å². The van der Waals surface area contributed by atoms with E-state index in [1.54, 1.807) is 6.92 Å². The molecule has 0 heterocycles. The minimum Gasteiger partial charge on any atom is -0.507 e. The van der Waals surface area contributed by atoms with Gasteiger partial charge in [-0.15, -0.1) is 0 Å². The lowest BCUT2D eigenvalue weighted by Crippen LogP contribution is -2.09. The number of nitriles is 1. The van der Waals surface area contributed by atoms with Gasteiger partial charge in [0.25, 0.3) is 0 Å². The van der Waals surface area contributed by atoms with Crippen LogP contribution in [0, 0.1) is 11.3 Å². The lowest BCUT2D eigenvalue weighted by Gasteiger charge is -2.10. The molecule has 1 aromatic rings. The number of benzene rings is 1. The molecule has 0 atom stereocenters. The molecule has 0 aliphatic heterocycles. The van der Waals surface area contributed by atoms with Crippen molar-refractivity contribution in [2.24, 2.45) is 0 Å². The van der Waals surface area contributed by atoms with Gasteiger partial charge in [-0.1, -0.05) is 0 Å². The third-order valence-corrected chi connectivity index (χ3v) is 2.16. The van der Waals surface area contributed by atoms with Crippen LogP contribution in [0.2, 0.25) is 0 Å². The Bertz CT molecular complexity index is 462. The molecule has 1 N–H and O–H groups in total. The Morgan fingerprint density at radius 2 is 2.24 bits per heavy atom. The minimum absolute atomic E-state index is 0.0887. The number of aromatic hydroxyl groups is 1. The van der Waals surface area contributed by atoms with Gasteiger partial charge in [-0.05, 0) is 19.1 Å². The first-order chi connectivity index (χ1) is 8.12. The number of carbonyl (C=O) groups excluding carboxylic acids is 1. The van der Waals surface area contributed by atoms with Crippen molar-refractivity contribution < 1.29 is 19.4 Å². The molecule has 5 nitrogen and oxygen atoms in total. The highest BCUT2D eigenvalue weighted by atomic mass is 16.5. The van der Waals surface area contributed by atoms with E-state index in [0.717, 1.165) is 0 Å². The van der Waals surface area contributed by atoms with Crippen LogP contribution >= 0.6 is 0 Å². The standard InChI is InChI=1S/C12H13NO4/c1-3-17-12(15)6-9-10(14)4-8(7-13)5-11(9)16-2/h4-5,14H,3,6H2,1-2H3. The average molecular weight is 235 g/mol. The summed E-state index contributed by atoms with van der Waals surface area (Å²) >= 11 is 0. The number of rotatable bonds is 4. The van der Waals surface area contributed by atoms with Gasteiger partial charge in [-0.25, -0.2) is 0 Å². The lowest BCUT2D eigenvalue weighted by molar-refractivity contribution is -0.142. The second-order valence-electron chi connectivity index (χ2n) is 3.27. The number of ether oxygens (including phenoxy) is 2. The van der Waals surface area contributed by atoms with E-state index >= 15 is 0 Å². The SMILES string of the molecule is CCOC(=O)Cc1c(O)cc(C#N)cc1OC. The van der Waals surface area contributed by atoms with Crippen molar-refractivity contribution in [2.45, 2.75) is 13.3 Å². The molecule has 0 bridgehead atoms. The summed E-state index contributed by atoms with van der Waals surface area (Å²) in [5, 5.41) is 18.4. The van der Waals surface area contributed by atoms with Gasteiger partial charge in [-0.2, -0.15) is 5.26 Å². The summed E-state index contributed by atoms with van der Waals surface area (Å²) < 4.78 is 9.82. The maximum absolute atomic E-state index is 11.3. The van der Waals surface area contributed by atoms with Crippen molar-refractivity contribution in [3.05, 3.63) is 23.3 Å². The fraction of sp³-hybridized carbons (Fsp3) is 0.333. The van der Waals surface area contributed by atoms with E-state index in [2.05, 4.69) is 0 Å². The first-order valence-corrected chi connectivity index (χ1v) is 5.08. The van der Waals surface area contributed by atoms with E-state index in [9.17, 15) is 9.90 Å². The van der Waals surface area contributed by atoms with Gasteiger partial charge in [0, 0.05) is 5.56 Å². The van der Waals surface area contributed by atoms with Crippen LogP contribution in [0.4, 0.5) is 0 Å². The van der Waals surface area contributed by atoms with Gasteiger partial charge in [-0.3, -0.25) is 4.79 Å². The third kappa shape index (κ3) is 3.11. The fourth-order valence-electron chi connectivity index (χ4n) is 1.41. The van der Waals surface area contributed by atoms with E-state index in [4.69, 9.17) is 14.7 Å². The Morgan fingerprint density at radius 3 is 2.76 bits per heavy atom. The average Bonchev–Trinajstić information content (AvgIpc) is 2.31.